The number of ether oxygens (including phenoxy) is 2. The Kier molecular flexibility index (Phi) is 5.02. The Morgan fingerprint density at radius 1 is 0.893 bits per heavy atom. The van der Waals surface area contributed by atoms with Crippen LogP contribution in [0.1, 0.15) is 11.1 Å². The zero-order valence-corrected chi connectivity index (χ0v) is 16.5. The quantitative estimate of drug-likeness (QED) is 0.454. The van der Waals surface area contributed by atoms with E-state index in [1.807, 2.05) is 54.6 Å². The second-order valence-electron chi connectivity index (χ2n) is 6.85. The third-order valence-electron chi connectivity index (χ3n) is 5.13. The van der Waals surface area contributed by atoms with Crippen LogP contribution in [0.3, 0.4) is 0 Å². The van der Waals surface area contributed by atoms with Crippen molar-refractivity contribution in [2.75, 3.05) is 13.7 Å². The summed E-state index contributed by atoms with van der Waals surface area (Å²) < 4.78 is 13.6. The zero-order valence-electron chi connectivity index (χ0n) is 16.5. The SMILES string of the molecule is COc1ccc(-c2nc3ccccc3n2CCOc2cccc(C)c2C)cc1. The summed E-state index contributed by atoms with van der Waals surface area (Å²) in [5, 5.41) is 0. The van der Waals surface area contributed by atoms with Gasteiger partial charge in [0.15, 0.2) is 0 Å². The average molecular weight is 372 g/mol. The molecule has 0 radical (unpaired) electrons. The third-order valence-corrected chi connectivity index (χ3v) is 5.13. The van der Waals surface area contributed by atoms with Crippen molar-refractivity contribution in [1.82, 2.24) is 9.55 Å². The molecule has 28 heavy (non-hydrogen) atoms. The topological polar surface area (TPSA) is 36.3 Å². The molecule has 4 rings (SSSR count). The van der Waals surface area contributed by atoms with Crippen molar-refractivity contribution in [2.24, 2.45) is 0 Å². The molecule has 0 spiro atoms. The Morgan fingerprint density at radius 3 is 2.46 bits per heavy atom. The Morgan fingerprint density at radius 2 is 1.68 bits per heavy atom. The van der Waals surface area contributed by atoms with E-state index in [0.29, 0.717) is 6.61 Å². The molecule has 3 aromatic carbocycles. The van der Waals surface area contributed by atoms with E-state index in [-0.39, 0.29) is 0 Å². The van der Waals surface area contributed by atoms with Crippen molar-refractivity contribution >= 4 is 11.0 Å². The van der Waals surface area contributed by atoms with Gasteiger partial charge in [-0.05, 0) is 67.4 Å². The number of benzene rings is 3. The van der Waals surface area contributed by atoms with Crippen LogP contribution in [0.25, 0.3) is 22.4 Å². The molecular weight excluding hydrogens is 348 g/mol. The standard InChI is InChI=1S/C24H24N2O2/c1-17-7-6-10-23(18(17)2)28-16-15-26-22-9-5-4-8-21(22)25-24(26)19-11-13-20(27-3)14-12-19/h4-14H,15-16H2,1-3H3. The minimum absolute atomic E-state index is 0.577. The summed E-state index contributed by atoms with van der Waals surface area (Å²) in [7, 11) is 1.68. The van der Waals surface area contributed by atoms with Crippen molar-refractivity contribution in [3.05, 3.63) is 77.9 Å². The highest BCUT2D eigenvalue weighted by Crippen LogP contribution is 2.27. The van der Waals surface area contributed by atoms with Crippen LogP contribution in [0.15, 0.2) is 66.7 Å². The molecule has 0 saturated heterocycles. The maximum absolute atomic E-state index is 6.10. The molecule has 0 bridgehead atoms. The number of nitrogens with zero attached hydrogens (tertiary/aromatic N) is 2. The predicted octanol–water partition coefficient (Wildman–Crippen LogP) is 5.41. The summed E-state index contributed by atoms with van der Waals surface area (Å²) in [6, 6.07) is 22.4. The van der Waals surface area contributed by atoms with E-state index in [0.717, 1.165) is 40.5 Å². The van der Waals surface area contributed by atoms with Gasteiger partial charge in [-0.1, -0.05) is 24.3 Å². The molecule has 4 heteroatoms. The highest BCUT2D eigenvalue weighted by atomic mass is 16.5. The Balaban J connectivity index is 1.64. The number of rotatable bonds is 6. The molecule has 0 aliphatic heterocycles. The van der Waals surface area contributed by atoms with Crippen LogP contribution in [0.2, 0.25) is 0 Å². The normalized spacial score (nSPS) is 11.0. The van der Waals surface area contributed by atoms with Gasteiger partial charge >= 0.3 is 0 Å². The van der Waals surface area contributed by atoms with E-state index >= 15 is 0 Å². The first-order chi connectivity index (χ1) is 13.7. The van der Waals surface area contributed by atoms with Crippen LogP contribution in [0.5, 0.6) is 11.5 Å². The van der Waals surface area contributed by atoms with Gasteiger partial charge < -0.3 is 14.0 Å². The second-order valence-corrected chi connectivity index (χ2v) is 6.85. The molecular formula is C24H24N2O2. The van der Waals surface area contributed by atoms with Gasteiger partial charge in [-0.25, -0.2) is 4.98 Å². The second kappa shape index (κ2) is 7.77. The van der Waals surface area contributed by atoms with Gasteiger partial charge in [0.25, 0.3) is 0 Å². The first-order valence-corrected chi connectivity index (χ1v) is 9.46. The minimum atomic E-state index is 0.577. The lowest BCUT2D eigenvalue weighted by atomic mass is 10.1. The molecule has 1 heterocycles. The Hall–Kier alpha value is -3.27. The van der Waals surface area contributed by atoms with Gasteiger partial charge in [0.05, 0.1) is 24.7 Å². The first-order valence-electron chi connectivity index (χ1n) is 9.46. The lowest BCUT2D eigenvalue weighted by Crippen LogP contribution is -2.10. The summed E-state index contributed by atoms with van der Waals surface area (Å²) in [5.41, 5.74) is 5.58. The van der Waals surface area contributed by atoms with E-state index in [1.165, 1.54) is 11.1 Å². The van der Waals surface area contributed by atoms with Crippen LogP contribution in [-0.2, 0) is 6.54 Å². The average Bonchev–Trinajstić information content (AvgIpc) is 3.10. The zero-order chi connectivity index (χ0) is 19.5. The molecule has 0 amide bonds. The fourth-order valence-electron chi connectivity index (χ4n) is 3.39. The summed E-state index contributed by atoms with van der Waals surface area (Å²) in [6.07, 6.45) is 0. The van der Waals surface area contributed by atoms with Crippen LogP contribution in [-0.4, -0.2) is 23.3 Å². The summed E-state index contributed by atoms with van der Waals surface area (Å²) in [6.45, 7) is 5.50. The number of aryl methyl sites for hydroxylation is 1. The third kappa shape index (κ3) is 3.46. The molecule has 4 aromatic rings. The van der Waals surface area contributed by atoms with Gasteiger partial charge in [0.2, 0.25) is 0 Å². The van der Waals surface area contributed by atoms with Gasteiger partial charge in [0.1, 0.15) is 23.9 Å². The smallest absolute Gasteiger partial charge is 0.141 e. The summed E-state index contributed by atoms with van der Waals surface area (Å²) in [5.74, 6) is 2.72. The van der Waals surface area contributed by atoms with Crippen LogP contribution in [0, 0.1) is 13.8 Å². The monoisotopic (exact) mass is 372 g/mol. The van der Waals surface area contributed by atoms with E-state index in [9.17, 15) is 0 Å². The van der Waals surface area contributed by atoms with Crippen LogP contribution < -0.4 is 9.47 Å². The van der Waals surface area contributed by atoms with Crippen molar-refractivity contribution in [1.29, 1.82) is 0 Å². The van der Waals surface area contributed by atoms with Crippen LogP contribution in [0.4, 0.5) is 0 Å². The van der Waals surface area contributed by atoms with Crippen molar-refractivity contribution in [3.8, 4) is 22.9 Å². The molecule has 0 N–H and O–H groups in total. The Bertz CT molecular complexity index is 1100. The number of hydrogen-bond acceptors (Lipinski definition) is 3. The number of imidazole rings is 1. The van der Waals surface area contributed by atoms with E-state index < -0.39 is 0 Å². The number of methoxy groups -OCH3 is 1. The predicted molar refractivity (Wildman–Crippen MR) is 113 cm³/mol. The lowest BCUT2D eigenvalue weighted by Gasteiger charge is -2.13. The first kappa shape index (κ1) is 18.1. The Labute approximate surface area is 165 Å². The minimum Gasteiger partial charge on any atom is -0.497 e. The summed E-state index contributed by atoms with van der Waals surface area (Å²) >= 11 is 0. The highest BCUT2D eigenvalue weighted by molar-refractivity contribution is 5.80. The maximum Gasteiger partial charge on any atom is 0.141 e. The number of fused-ring (bicyclic) bond motifs is 1. The van der Waals surface area contributed by atoms with Crippen molar-refractivity contribution < 1.29 is 9.47 Å². The maximum atomic E-state index is 6.10. The van der Waals surface area contributed by atoms with Gasteiger partial charge in [-0.3, -0.25) is 0 Å². The molecule has 0 fully saturated rings. The number of para-hydroxylation sites is 2. The highest BCUT2D eigenvalue weighted by Gasteiger charge is 2.13. The van der Waals surface area contributed by atoms with E-state index in [4.69, 9.17) is 14.5 Å². The molecule has 0 aliphatic rings. The van der Waals surface area contributed by atoms with Crippen molar-refractivity contribution in [3.63, 3.8) is 0 Å². The van der Waals surface area contributed by atoms with Gasteiger partial charge in [-0.2, -0.15) is 0 Å². The summed E-state index contributed by atoms with van der Waals surface area (Å²) in [4.78, 5) is 4.86. The van der Waals surface area contributed by atoms with E-state index in [1.54, 1.807) is 7.11 Å². The lowest BCUT2D eigenvalue weighted by molar-refractivity contribution is 0.298. The van der Waals surface area contributed by atoms with Crippen LogP contribution >= 0.6 is 0 Å². The van der Waals surface area contributed by atoms with E-state index in [2.05, 4.69) is 30.5 Å². The van der Waals surface area contributed by atoms with Gasteiger partial charge in [0, 0.05) is 5.56 Å². The fourth-order valence-corrected chi connectivity index (χ4v) is 3.39. The molecule has 0 saturated carbocycles. The molecule has 142 valence electrons. The van der Waals surface area contributed by atoms with Crippen molar-refractivity contribution in [2.45, 2.75) is 20.4 Å². The number of aromatic nitrogens is 2. The molecule has 0 unspecified atom stereocenters. The van der Waals surface area contributed by atoms with Gasteiger partial charge in [-0.15, -0.1) is 0 Å². The fraction of sp³-hybridized carbons (Fsp3) is 0.208. The molecule has 0 atom stereocenters. The number of hydrogen-bond donors (Lipinski definition) is 0. The molecule has 4 nitrogen and oxygen atoms in total. The molecule has 0 aliphatic carbocycles. The largest absolute Gasteiger partial charge is 0.497 e. The molecule has 1 aromatic heterocycles.